The van der Waals surface area contributed by atoms with Crippen molar-refractivity contribution in [1.29, 1.82) is 0 Å². The van der Waals surface area contributed by atoms with E-state index in [1.807, 2.05) is 38.1 Å². The third-order valence-corrected chi connectivity index (χ3v) is 4.47. The summed E-state index contributed by atoms with van der Waals surface area (Å²) in [7, 11) is 1.43. The first-order valence-electron chi connectivity index (χ1n) is 8.49. The van der Waals surface area contributed by atoms with E-state index in [0.717, 1.165) is 15.8 Å². The zero-order valence-corrected chi connectivity index (χ0v) is 15.1. The molecule has 0 aliphatic rings. The van der Waals surface area contributed by atoms with E-state index in [1.165, 1.54) is 11.6 Å². The van der Waals surface area contributed by atoms with Crippen molar-refractivity contribution in [2.24, 2.45) is 7.05 Å². The second-order valence-corrected chi connectivity index (χ2v) is 6.23. The number of likely N-dealkylation sites (N-methyl/N-ethyl adjacent to an activating group) is 1. The smallest absolute Gasteiger partial charge is 0.311 e. The first kappa shape index (κ1) is 17.7. The SMILES string of the molecule is CCN(C(=O)Cn1c(=O)n(C)c(=O)c2ccccc21)c1cccc(C)c1. The van der Waals surface area contributed by atoms with Gasteiger partial charge in [0.15, 0.2) is 0 Å². The molecule has 0 N–H and O–H groups in total. The standard InChI is InChI=1S/C20H21N3O3/c1-4-22(15-9-7-8-14(2)12-15)18(24)13-23-17-11-6-5-10-16(17)19(25)21(3)20(23)26/h5-12H,4,13H2,1-3H3. The van der Waals surface area contributed by atoms with Gasteiger partial charge in [0.2, 0.25) is 5.91 Å². The number of anilines is 1. The van der Waals surface area contributed by atoms with E-state index in [-0.39, 0.29) is 18.0 Å². The predicted octanol–water partition coefficient (Wildman–Crippen LogP) is 2.06. The molecule has 0 fully saturated rings. The lowest BCUT2D eigenvalue weighted by Crippen LogP contribution is -2.42. The summed E-state index contributed by atoms with van der Waals surface area (Å²) in [5.41, 5.74) is 1.45. The lowest BCUT2D eigenvalue weighted by molar-refractivity contribution is -0.119. The van der Waals surface area contributed by atoms with E-state index < -0.39 is 5.69 Å². The molecule has 0 radical (unpaired) electrons. The normalized spacial score (nSPS) is 10.9. The number of nitrogens with zero attached hydrogens (tertiary/aromatic N) is 3. The van der Waals surface area contributed by atoms with Crippen molar-refractivity contribution in [3.05, 3.63) is 74.9 Å². The van der Waals surface area contributed by atoms with Gasteiger partial charge in [-0.2, -0.15) is 0 Å². The number of hydrogen-bond acceptors (Lipinski definition) is 3. The number of carbonyl (C=O) groups excluding carboxylic acids is 1. The Kier molecular flexibility index (Phi) is 4.75. The van der Waals surface area contributed by atoms with Crippen LogP contribution in [0, 0.1) is 6.92 Å². The van der Waals surface area contributed by atoms with Gasteiger partial charge in [0, 0.05) is 19.3 Å². The number of fused-ring (bicyclic) bond motifs is 1. The summed E-state index contributed by atoms with van der Waals surface area (Å²) in [6, 6.07) is 14.5. The van der Waals surface area contributed by atoms with Gasteiger partial charge in [0.25, 0.3) is 5.56 Å². The molecule has 0 unspecified atom stereocenters. The maximum absolute atomic E-state index is 12.9. The molecule has 2 aromatic carbocycles. The summed E-state index contributed by atoms with van der Waals surface area (Å²) >= 11 is 0. The van der Waals surface area contributed by atoms with Crippen molar-refractivity contribution in [3.8, 4) is 0 Å². The minimum absolute atomic E-state index is 0.130. The molecule has 0 saturated heterocycles. The van der Waals surface area contributed by atoms with E-state index in [4.69, 9.17) is 0 Å². The van der Waals surface area contributed by atoms with E-state index in [0.29, 0.717) is 17.4 Å². The number of aryl methyl sites for hydroxylation is 1. The summed E-state index contributed by atoms with van der Waals surface area (Å²) in [5.74, 6) is -0.205. The molecule has 6 nitrogen and oxygen atoms in total. The van der Waals surface area contributed by atoms with Crippen molar-refractivity contribution < 1.29 is 4.79 Å². The fourth-order valence-electron chi connectivity index (χ4n) is 3.11. The summed E-state index contributed by atoms with van der Waals surface area (Å²) in [4.78, 5) is 39.5. The molecule has 6 heteroatoms. The molecule has 1 aromatic heterocycles. The summed E-state index contributed by atoms with van der Waals surface area (Å²) in [6.07, 6.45) is 0. The number of carbonyl (C=O) groups is 1. The third-order valence-electron chi connectivity index (χ3n) is 4.47. The molecule has 0 aliphatic heterocycles. The zero-order valence-electron chi connectivity index (χ0n) is 15.1. The minimum Gasteiger partial charge on any atom is -0.311 e. The fraction of sp³-hybridized carbons (Fsp3) is 0.250. The molecule has 134 valence electrons. The highest BCUT2D eigenvalue weighted by Crippen LogP contribution is 2.17. The zero-order chi connectivity index (χ0) is 18.8. The number of amides is 1. The number of rotatable bonds is 4. The quantitative estimate of drug-likeness (QED) is 0.723. The van der Waals surface area contributed by atoms with Crippen LogP contribution in [0.5, 0.6) is 0 Å². The van der Waals surface area contributed by atoms with Gasteiger partial charge in [-0.1, -0.05) is 24.3 Å². The average molecular weight is 351 g/mol. The highest BCUT2D eigenvalue weighted by Gasteiger charge is 2.18. The van der Waals surface area contributed by atoms with Crippen LogP contribution in [0.2, 0.25) is 0 Å². The Hall–Kier alpha value is -3.15. The van der Waals surface area contributed by atoms with Gasteiger partial charge in [-0.05, 0) is 43.7 Å². The number of benzene rings is 2. The topological polar surface area (TPSA) is 64.3 Å². The van der Waals surface area contributed by atoms with Crippen LogP contribution < -0.4 is 16.1 Å². The molecule has 0 spiro atoms. The van der Waals surface area contributed by atoms with Crippen LogP contribution in [-0.4, -0.2) is 21.6 Å². The molecular weight excluding hydrogens is 330 g/mol. The highest BCUT2D eigenvalue weighted by molar-refractivity contribution is 5.94. The van der Waals surface area contributed by atoms with Crippen molar-refractivity contribution in [3.63, 3.8) is 0 Å². The fourth-order valence-corrected chi connectivity index (χ4v) is 3.11. The maximum atomic E-state index is 12.9. The largest absolute Gasteiger partial charge is 0.331 e. The van der Waals surface area contributed by atoms with Crippen molar-refractivity contribution in [1.82, 2.24) is 9.13 Å². The maximum Gasteiger partial charge on any atom is 0.331 e. The third kappa shape index (κ3) is 3.06. The van der Waals surface area contributed by atoms with Crippen LogP contribution in [0.25, 0.3) is 10.9 Å². The first-order valence-corrected chi connectivity index (χ1v) is 8.49. The number of aromatic nitrogens is 2. The van der Waals surface area contributed by atoms with E-state index in [9.17, 15) is 14.4 Å². The van der Waals surface area contributed by atoms with Crippen molar-refractivity contribution >= 4 is 22.5 Å². The molecule has 3 rings (SSSR count). The molecule has 0 aliphatic carbocycles. The molecule has 26 heavy (non-hydrogen) atoms. The summed E-state index contributed by atoms with van der Waals surface area (Å²) in [5, 5.41) is 0.418. The Morgan fingerprint density at radius 2 is 1.81 bits per heavy atom. The Morgan fingerprint density at radius 3 is 2.50 bits per heavy atom. The molecule has 3 aromatic rings. The van der Waals surface area contributed by atoms with Gasteiger partial charge in [-0.15, -0.1) is 0 Å². The van der Waals surface area contributed by atoms with Gasteiger partial charge in [0.1, 0.15) is 6.54 Å². The predicted molar refractivity (Wildman–Crippen MR) is 103 cm³/mol. The Bertz CT molecular complexity index is 1100. The minimum atomic E-state index is -0.498. The van der Waals surface area contributed by atoms with Gasteiger partial charge in [0.05, 0.1) is 10.9 Å². The molecule has 0 bridgehead atoms. The second-order valence-electron chi connectivity index (χ2n) is 6.23. The van der Waals surface area contributed by atoms with Gasteiger partial charge < -0.3 is 4.90 Å². The molecule has 1 heterocycles. The van der Waals surface area contributed by atoms with Crippen LogP contribution in [-0.2, 0) is 18.4 Å². The lowest BCUT2D eigenvalue weighted by Gasteiger charge is -2.22. The monoisotopic (exact) mass is 351 g/mol. The Morgan fingerprint density at radius 1 is 1.08 bits per heavy atom. The van der Waals surface area contributed by atoms with Crippen LogP contribution in [0.1, 0.15) is 12.5 Å². The summed E-state index contributed by atoms with van der Waals surface area (Å²) in [6.45, 7) is 4.21. The van der Waals surface area contributed by atoms with Gasteiger partial charge >= 0.3 is 5.69 Å². The highest BCUT2D eigenvalue weighted by atomic mass is 16.2. The number of hydrogen-bond donors (Lipinski definition) is 0. The Balaban J connectivity index is 2.07. The Labute approximate surface area is 150 Å². The van der Waals surface area contributed by atoms with Crippen molar-refractivity contribution in [2.45, 2.75) is 20.4 Å². The van der Waals surface area contributed by atoms with Crippen LogP contribution in [0.4, 0.5) is 5.69 Å². The van der Waals surface area contributed by atoms with E-state index >= 15 is 0 Å². The summed E-state index contributed by atoms with van der Waals surface area (Å²) < 4.78 is 2.40. The van der Waals surface area contributed by atoms with Gasteiger partial charge in [-0.3, -0.25) is 18.7 Å². The van der Waals surface area contributed by atoms with Crippen LogP contribution in [0.3, 0.4) is 0 Å². The van der Waals surface area contributed by atoms with Crippen molar-refractivity contribution in [2.75, 3.05) is 11.4 Å². The van der Waals surface area contributed by atoms with Crippen LogP contribution >= 0.6 is 0 Å². The molecule has 0 atom stereocenters. The first-order chi connectivity index (χ1) is 12.4. The molecule has 1 amide bonds. The molecular formula is C20H21N3O3. The number of para-hydroxylation sites is 1. The average Bonchev–Trinajstić information content (AvgIpc) is 2.64. The van der Waals surface area contributed by atoms with Crippen LogP contribution in [0.15, 0.2) is 58.1 Å². The van der Waals surface area contributed by atoms with Gasteiger partial charge in [-0.25, -0.2) is 4.79 Å². The van der Waals surface area contributed by atoms with E-state index in [2.05, 4.69) is 0 Å². The second kappa shape index (κ2) is 7.00. The lowest BCUT2D eigenvalue weighted by atomic mass is 10.2. The molecule has 0 saturated carbocycles. The van der Waals surface area contributed by atoms with E-state index in [1.54, 1.807) is 29.2 Å².